The first-order valence-corrected chi connectivity index (χ1v) is 12.2. The molecule has 2 aromatic carbocycles. The number of aromatic nitrogens is 4. The average molecular weight is 511 g/mol. The first kappa shape index (κ1) is 27.9. The fourth-order valence-electron chi connectivity index (χ4n) is 3.65. The van der Waals surface area contributed by atoms with E-state index in [1.165, 1.54) is 0 Å². The van der Waals surface area contributed by atoms with Gasteiger partial charge in [0, 0.05) is 37.2 Å². The minimum Gasteiger partial charge on any atom is -0.507 e. The summed E-state index contributed by atoms with van der Waals surface area (Å²) in [5.41, 5.74) is 7.79. The summed E-state index contributed by atoms with van der Waals surface area (Å²) in [5, 5.41) is 25.7. The zero-order chi connectivity index (χ0) is 27.7. The number of benzene rings is 2. The van der Waals surface area contributed by atoms with Crippen LogP contribution in [0, 0.1) is 27.7 Å². The summed E-state index contributed by atoms with van der Waals surface area (Å²) >= 11 is 0. The summed E-state index contributed by atoms with van der Waals surface area (Å²) < 4.78 is 0. The Morgan fingerprint density at radius 2 is 0.947 bits per heavy atom. The van der Waals surface area contributed by atoms with Crippen LogP contribution in [0.4, 0.5) is 11.6 Å². The van der Waals surface area contributed by atoms with Crippen molar-refractivity contribution in [1.82, 2.24) is 19.9 Å². The Morgan fingerprint density at radius 3 is 1.24 bits per heavy atom. The molecule has 0 saturated carbocycles. The highest BCUT2D eigenvalue weighted by molar-refractivity contribution is 5.69. The van der Waals surface area contributed by atoms with Crippen molar-refractivity contribution in [2.45, 2.75) is 41.5 Å². The van der Waals surface area contributed by atoms with Crippen LogP contribution >= 0.6 is 0 Å². The molecule has 2 heterocycles. The van der Waals surface area contributed by atoms with E-state index in [0.717, 1.165) is 44.5 Å². The molecule has 0 aliphatic heterocycles. The molecular weight excluding hydrogens is 476 g/mol. The molecule has 0 unspecified atom stereocenters. The van der Waals surface area contributed by atoms with Gasteiger partial charge < -0.3 is 20.8 Å². The molecule has 0 aliphatic rings. The Morgan fingerprint density at radius 1 is 0.605 bits per heavy atom. The largest absolute Gasteiger partial charge is 0.507 e. The molecule has 0 aliphatic carbocycles. The maximum Gasteiger partial charge on any atom is 0.148 e. The van der Waals surface area contributed by atoms with Gasteiger partial charge in [0.15, 0.2) is 0 Å². The first-order valence-electron chi connectivity index (χ1n) is 12.2. The molecule has 8 heteroatoms. The highest BCUT2D eigenvalue weighted by atomic mass is 16.3. The minimum atomic E-state index is 0.360. The summed E-state index contributed by atoms with van der Waals surface area (Å²) in [6.45, 7) is 11.6. The lowest BCUT2D eigenvalue weighted by Gasteiger charge is -2.09. The SMILES string of the molecule is C/C(=C/Nc1cnccn1)c1cc(C)c(O)c(C)c1.C/C(=C\Nc1cnccn1)c1cc(C)c(O)c(C)c1. The van der Waals surface area contributed by atoms with Crippen LogP contribution in [-0.4, -0.2) is 30.1 Å². The topological polar surface area (TPSA) is 116 Å². The lowest BCUT2D eigenvalue weighted by atomic mass is 10.0. The summed E-state index contributed by atoms with van der Waals surface area (Å²) in [7, 11) is 0. The predicted octanol–water partition coefficient (Wildman–Crippen LogP) is 6.54. The maximum atomic E-state index is 9.77. The molecule has 8 nitrogen and oxygen atoms in total. The van der Waals surface area contributed by atoms with E-state index in [4.69, 9.17) is 0 Å². The fraction of sp³-hybridized carbons (Fsp3) is 0.200. The third kappa shape index (κ3) is 7.64. The molecule has 4 N–H and O–H groups in total. The summed E-state index contributed by atoms with van der Waals surface area (Å²) in [5.74, 6) is 2.13. The van der Waals surface area contributed by atoms with E-state index < -0.39 is 0 Å². The summed E-state index contributed by atoms with van der Waals surface area (Å²) in [6, 6.07) is 7.86. The van der Waals surface area contributed by atoms with Crippen LogP contribution in [-0.2, 0) is 0 Å². The zero-order valence-electron chi connectivity index (χ0n) is 22.6. The predicted molar refractivity (Wildman–Crippen MR) is 154 cm³/mol. The molecule has 0 amide bonds. The van der Waals surface area contributed by atoms with Gasteiger partial charge in [0.05, 0.1) is 12.4 Å². The molecule has 196 valence electrons. The van der Waals surface area contributed by atoms with Gasteiger partial charge in [-0.05, 0) is 110 Å². The highest BCUT2D eigenvalue weighted by Crippen LogP contribution is 2.27. The number of aromatic hydroxyl groups is 2. The van der Waals surface area contributed by atoms with Gasteiger partial charge >= 0.3 is 0 Å². The van der Waals surface area contributed by atoms with Crippen LogP contribution in [0.2, 0.25) is 0 Å². The first-order chi connectivity index (χ1) is 18.2. The van der Waals surface area contributed by atoms with Crippen molar-refractivity contribution in [3.8, 4) is 11.5 Å². The second-order valence-electron chi connectivity index (χ2n) is 9.04. The van der Waals surface area contributed by atoms with E-state index in [-0.39, 0.29) is 0 Å². The van der Waals surface area contributed by atoms with E-state index in [0.29, 0.717) is 23.1 Å². The van der Waals surface area contributed by atoms with Gasteiger partial charge in [0.2, 0.25) is 0 Å². The number of rotatable bonds is 6. The number of phenolic OH excluding ortho intramolecular Hbond substituents is 2. The van der Waals surface area contributed by atoms with Gasteiger partial charge in [-0.2, -0.15) is 0 Å². The normalized spacial score (nSPS) is 11.4. The number of allylic oxidation sites excluding steroid dienone is 2. The Labute approximate surface area is 223 Å². The van der Waals surface area contributed by atoms with Gasteiger partial charge in [0.1, 0.15) is 23.1 Å². The Balaban J connectivity index is 0.000000211. The molecule has 0 fully saturated rings. The molecule has 38 heavy (non-hydrogen) atoms. The molecule has 0 spiro atoms. The van der Waals surface area contributed by atoms with Crippen molar-refractivity contribution < 1.29 is 10.2 Å². The van der Waals surface area contributed by atoms with Gasteiger partial charge in [-0.25, -0.2) is 9.97 Å². The van der Waals surface area contributed by atoms with Crippen molar-refractivity contribution in [1.29, 1.82) is 0 Å². The third-order valence-electron chi connectivity index (χ3n) is 5.89. The Kier molecular flexibility index (Phi) is 9.54. The monoisotopic (exact) mass is 510 g/mol. The Hall–Kier alpha value is -4.72. The van der Waals surface area contributed by atoms with E-state index in [9.17, 15) is 10.2 Å². The zero-order valence-corrected chi connectivity index (χ0v) is 22.6. The molecule has 2 aromatic heterocycles. The van der Waals surface area contributed by atoms with Crippen LogP contribution in [0.1, 0.15) is 47.2 Å². The van der Waals surface area contributed by atoms with Crippen molar-refractivity contribution in [2.75, 3.05) is 10.6 Å². The number of nitrogens with zero attached hydrogens (tertiary/aromatic N) is 4. The second kappa shape index (κ2) is 13.0. The van der Waals surface area contributed by atoms with Gasteiger partial charge in [0.25, 0.3) is 0 Å². The van der Waals surface area contributed by atoms with Crippen molar-refractivity contribution in [3.05, 3.63) is 107 Å². The molecular formula is C30H34N6O2. The lowest BCUT2D eigenvalue weighted by Crippen LogP contribution is -1.94. The second-order valence-corrected chi connectivity index (χ2v) is 9.04. The van der Waals surface area contributed by atoms with Crippen molar-refractivity contribution >= 4 is 22.8 Å². The standard InChI is InChI=1S/2C15H17N3O/c2*1-10-6-13(7-11(2)15(10)19)12(3)8-18-14-9-16-4-5-17-14/h2*4-9,19H,1-3H3,(H,17,18)/b12-8+;12-8-. The summed E-state index contributed by atoms with van der Waals surface area (Å²) in [6.07, 6.45) is 13.6. The van der Waals surface area contributed by atoms with Gasteiger partial charge in [-0.15, -0.1) is 0 Å². The van der Waals surface area contributed by atoms with Crippen molar-refractivity contribution in [2.24, 2.45) is 0 Å². The molecule has 0 atom stereocenters. The average Bonchev–Trinajstić information content (AvgIpc) is 2.93. The molecule has 4 rings (SSSR count). The Bertz CT molecular complexity index is 1280. The fourth-order valence-corrected chi connectivity index (χ4v) is 3.65. The van der Waals surface area contributed by atoms with Crippen LogP contribution in [0.5, 0.6) is 11.5 Å². The third-order valence-corrected chi connectivity index (χ3v) is 5.89. The van der Waals surface area contributed by atoms with E-state index in [1.807, 2.05) is 78.2 Å². The van der Waals surface area contributed by atoms with E-state index in [2.05, 4.69) is 30.6 Å². The van der Waals surface area contributed by atoms with E-state index >= 15 is 0 Å². The van der Waals surface area contributed by atoms with Crippen molar-refractivity contribution in [3.63, 3.8) is 0 Å². The number of hydrogen-bond donors (Lipinski definition) is 4. The number of phenols is 2. The molecule has 0 saturated heterocycles. The summed E-state index contributed by atoms with van der Waals surface area (Å²) in [4.78, 5) is 16.2. The van der Waals surface area contributed by atoms with Gasteiger partial charge in [-0.3, -0.25) is 9.97 Å². The smallest absolute Gasteiger partial charge is 0.148 e. The highest BCUT2D eigenvalue weighted by Gasteiger charge is 2.06. The minimum absolute atomic E-state index is 0.360. The molecule has 4 aromatic rings. The number of hydrogen-bond acceptors (Lipinski definition) is 8. The van der Waals surface area contributed by atoms with Crippen LogP contribution in [0.3, 0.4) is 0 Å². The number of nitrogens with one attached hydrogen (secondary N) is 2. The van der Waals surface area contributed by atoms with Crippen LogP contribution in [0.15, 0.2) is 73.8 Å². The van der Waals surface area contributed by atoms with Crippen LogP contribution in [0.25, 0.3) is 11.1 Å². The molecule has 0 radical (unpaired) electrons. The lowest BCUT2D eigenvalue weighted by molar-refractivity contribution is 0.466. The van der Waals surface area contributed by atoms with Crippen LogP contribution < -0.4 is 10.6 Å². The molecule has 0 bridgehead atoms. The number of anilines is 2. The van der Waals surface area contributed by atoms with Gasteiger partial charge in [-0.1, -0.05) is 0 Å². The van der Waals surface area contributed by atoms with E-state index in [1.54, 1.807) is 37.2 Å². The quantitative estimate of drug-likeness (QED) is 0.231. The number of aryl methyl sites for hydroxylation is 4. The maximum absolute atomic E-state index is 9.77.